The van der Waals surface area contributed by atoms with Crippen LogP contribution in [0.3, 0.4) is 0 Å². The molecule has 30 heavy (non-hydrogen) atoms. The van der Waals surface area contributed by atoms with Crippen molar-refractivity contribution >= 4 is 9.84 Å². The molecule has 0 amide bonds. The Morgan fingerprint density at radius 2 is 1.83 bits per heavy atom. The second-order valence-corrected chi connectivity index (χ2v) is 9.79. The number of aromatic nitrogens is 2. The lowest BCUT2D eigenvalue weighted by Crippen LogP contribution is -2.13. The average Bonchev–Trinajstić information content (AvgIpc) is 2.74. The molecule has 0 radical (unpaired) electrons. The highest BCUT2D eigenvalue weighted by Crippen LogP contribution is 2.22. The molecule has 1 heterocycles. The van der Waals surface area contributed by atoms with Crippen molar-refractivity contribution in [3.8, 4) is 23.1 Å². The molecule has 0 aliphatic carbocycles. The van der Waals surface area contributed by atoms with Crippen LogP contribution in [0.25, 0.3) is 11.3 Å². The standard InChI is InChI=1S/C24H25N3O2S.2H2/c1-17(2)30(28,29)22-11-9-21(10-12-22)24-16-26-18(3)23(27-24)13-8-19-6-5-7-20(14-19)15-25-4;;/h5-7,9-12,14,16-17,25H,15H2,1-4H3;2*1H. The van der Waals surface area contributed by atoms with Crippen molar-refractivity contribution in [2.75, 3.05) is 7.05 Å². The van der Waals surface area contributed by atoms with Crippen LogP contribution in [0.1, 0.15) is 39.2 Å². The third kappa shape index (κ3) is 4.93. The highest BCUT2D eigenvalue weighted by molar-refractivity contribution is 7.92. The summed E-state index contributed by atoms with van der Waals surface area (Å²) >= 11 is 0. The minimum Gasteiger partial charge on any atom is -0.316 e. The fraction of sp³-hybridized carbons (Fsp3) is 0.250. The number of rotatable bonds is 5. The first kappa shape index (κ1) is 21.7. The largest absolute Gasteiger partial charge is 0.316 e. The maximum absolute atomic E-state index is 12.3. The second kappa shape index (κ2) is 9.21. The van der Waals surface area contributed by atoms with E-state index in [-0.39, 0.29) is 2.85 Å². The number of nitrogens with zero attached hydrogens (tertiary/aromatic N) is 2. The van der Waals surface area contributed by atoms with E-state index in [4.69, 9.17) is 0 Å². The lowest BCUT2D eigenvalue weighted by Gasteiger charge is -2.09. The van der Waals surface area contributed by atoms with Gasteiger partial charge >= 0.3 is 0 Å². The molecule has 0 aliphatic rings. The van der Waals surface area contributed by atoms with E-state index in [1.165, 1.54) is 0 Å². The van der Waals surface area contributed by atoms with E-state index in [1.54, 1.807) is 44.3 Å². The van der Waals surface area contributed by atoms with Crippen molar-refractivity contribution < 1.29 is 11.3 Å². The van der Waals surface area contributed by atoms with Crippen LogP contribution in [0.15, 0.2) is 59.6 Å². The highest BCUT2D eigenvalue weighted by Gasteiger charge is 2.19. The molecule has 2 aromatic carbocycles. The SMILES string of the molecule is CNCc1cccc(C#Cc2nc(-c3ccc(S(=O)(=O)C(C)C)cc3)cnc2C)c1.[HH].[HH]. The molecule has 5 nitrogen and oxygen atoms in total. The summed E-state index contributed by atoms with van der Waals surface area (Å²) in [6, 6.07) is 14.8. The van der Waals surface area contributed by atoms with Gasteiger partial charge in [-0.25, -0.2) is 13.4 Å². The molecule has 158 valence electrons. The summed E-state index contributed by atoms with van der Waals surface area (Å²) < 4.78 is 24.6. The van der Waals surface area contributed by atoms with Crippen molar-refractivity contribution in [3.63, 3.8) is 0 Å². The average molecular weight is 424 g/mol. The third-order valence-electron chi connectivity index (χ3n) is 4.69. The van der Waals surface area contributed by atoms with E-state index in [2.05, 4.69) is 33.2 Å². The predicted molar refractivity (Wildman–Crippen MR) is 124 cm³/mol. The zero-order valence-electron chi connectivity index (χ0n) is 17.6. The zero-order chi connectivity index (χ0) is 21.7. The summed E-state index contributed by atoms with van der Waals surface area (Å²) in [5.74, 6) is 6.28. The Hall–Kier alpha value is -3.01. The molecule has 0 saturated heterocycles. The van der Waals surface area contributed by atoms with Crippen LogP contribution in [-0.2, 0) is 16.4 Å². The van der Waals surface area contributed by atoms with Crippen LogP contribution < -0.4 is 5.32 Å². The third-order valence-corrected chi connectivity index (χ3v) is 6.86. The number of sulfone groups is 1. The molecule has 0 atom stereocenters. The molecule has 0 bridgehead atoms. The van der Waals surface area contributed by atoms with E-state index < -0.39 is 15.1 Å². The van der Waals surface area contributed by atoms with Gasteiger partial charge in [0.25, 0.3) is 0 Å². The molecule has 0 fully saturated rings. The van der Waals surface area contributed by atoms with Crippen LogP contribution in [-0.4, -0.2) is 30.7 Å². The number of nitrogens with one attached hydrogen (secondary N) is 1. The summed E-state index contributed by atoms with van der Waals surface area (Å²) in [7, 11) is -1.39. The first-order chi connectivity index (χ1) is 14.3. The van der Waals surface area contributed by atoms with Gasteiger partial charge < -0.3 is 5.32 Å². The van der Waals surface area contributed by atoms with Crippen molar-refractivity contribution in [2.24, 2.45) is 0 Å². The number of hydrogen-bond acceptors (Lipinski definition) is 5. The quantitative estimate of drug-likeness (QED) is 0.621. The molecule has 0 saturated carbocycles. The van der Waals surface area contributed by atoms with Crippen molar-refractivity contribution in [3.05, 3.63) is 77.2 Å². The molecule has 0 unspecified atom stereocenters. The number of benzene rings is 2. The molecule has 6 heteroatoms. The normalized spacial score (nSPS) is 11.2. The van der Waals surface area contributed by atoms with E-state index in [0.717, 1.165) is 28.9 Å². The Balaban J connectivity index is 0.00000256. The lowest BCUT2D eigenvalue weighted by molar-refractivity contribution is 0.587. The van der Waals surface area contributed by atoms with E-state index >= 15 is 0 Å². The van der Waals surface area contributed by atoms with Gasteiger partial charge in [0.05, 0.1) is 27.7 Å². The van der Waals surface area contributed by atoms with Gasteiger partial charge in [0.15, 0.2) is 9.84 Å². The Morgan fingerprint density at radius 3 is 2.50 bits per heavy atom. The summed E-state index contributed by atoms with van der Waals surface area (Å²) in [6.07, 6.45) is 1.68. The van der Waals surface area contributed by atoms with Gasteiger partial charge in [0.1, 0.15) is 5.69 Å². The van der Waals surface area contributed by atoms with Crippen molar-refractivity contribution in [2.45, 2.75) is 37.5 Å². The number of hydrogen-bond donors (Lipinski definition) is 1. The summed E-state index contributed by atoms with van der Waals surface area (Å²) in [6.45, 7) is 6.01. The van der Waals surface area contributed by atoms with Crippen LogP contribution in [0.5, 0.6) is 0 Å². The van der Waals surface area contributed by atoms with Crippen molar-refractivity contribution in [1.29, 1.82) is 0 Å². The maximum atomic E-state index is 12.3. The minimum absolute atomic E-state index is 0. The van der Waals surface area contributed by atoms with Gasteiger partial charge in [0.2, 0.25) is 0 Å². The predicted octanol–water partition coefficient (Wildman–Crippen LogP) is 4.25. The molecule has 0 aliphatic heterocycles. The molecule has 3 aromatic rings. The molecule has 1 N–H and O–H groups in total. The van der Waals surface area contributed by atoms with Gasteiger partial charge in [-0.15, -0.1) is 0 Å². The summed E-state index contributed by atoms with van der Waals surface area (Å²) in [4.78, 5) is 9.37. The molecular weight excluding hydrogens is 394 g/mol. The smallest absolute Gasteiger partial charge is 0.180 e. The molecule has 3 rings (SSSR count). The van der Waals surface area contributed by atoms with Gasteiger partial charge in [0, 0.05) is 20.5 Å². The Morgan fingerprint density at radius 1 is 1.10 bits per heavy atom. The van der Waals surface area contributed by atoms with E-state index in [0.29, 0.717) is 16.3 Å². The fourth-order valence-electron chi connectivity index (χ4n) is 2.89. The van der Waals surface area contributed by atoms with Crippen LogP contribution in [0, 0.1) is 18.8 Å². The van der Waals surface area contributed by atoms with E-state index in [9.17, 15) is 8.42 Å². The minimum atomic E-state index is -3.30. The van der Waals surface area contributed by atoms with E-state index in [1.807, 2.05) is 32.2 Å². The zero-order valence-corrected chi connectivity index (χ0v) is 18.4. The Labute approximate surface area is 181 Å². The summed E-state index contributed by atoms with van der Waals surface area (Å²) in [5.41, 5.74) is 4.88. The lowest BCUT2D eigenvalue weighted by atomic mass is 10.1. The first-order valence-electron chi connectivity index (χ1n) is 9.75. The first-order valence-corrected chi connectivity index (χ1v) is 11.3. The highest BCUT2D eigenvalue weighted by atomic mass is 32.2. The van der Waals surface area contributed by atoms with Gasteiger partial charge in [-0.1, -0.05) is 30.2 Å². The molecule has 1 aromatic heterocycles. The van der Waals surface area contributed by atoms with Gasteiger partial charge in [-0.2, -0.15) is 0 Å². The summed E-state index contributed by atoms with van der Waals surface area (Å²) in [5, 5.41) is 2.67. The second-order valence-electron chi connectivity index (χ2n) is 7.29. The molecular formula is C24H29N3O2S. The fourth-order valence-corrected chi connectivity index (χ4v) is 3.95. The Kier molecular flexibility index (Phi) is 6.66. The number of aryl methyl sites for hydroxylation is 1. The van der Waals surface area contributed by atoms with Crippen LogP contribution >= 0.6 is 0 Å². The monoisotopic (exact) mass is 423 g/mol. The topological polar surface area (TPSA) is 72.0 Å². The van der Waals surface area contributed by atoms with Crippen LogP contribution in [0.4, 0.5) is 0 Å². The van der Waals surface area contributed by atoms with Gasteiger partial charge in [-0.3, -0.25) is 4.98 Å². The Bertz CT molecular complexity index is 1220. The molecule has 0 spiro atoms. The van der Waals surface area contributed by atoms with Crippen LogP contribution in [0.2, 0.25) is 0 Å². The maximum Gasteiger partial charge on any atom is 0.180 e. The van der Waals surface area contributed by atoms with Crippen molar-refractivity contribution in [1.82, 2.24) is 15.3 Å². The van der Waals surface area contributed by atoms with Gasteiger partial charge in [-0.05, 0) is 63.6 Å².